The smallest absolute Gasteiger partial charge is 0.255 e. The Morgan fingerprint density at radius 1 is 1.10 bits per heavy atom. The number of hydrogen-bond donors (Lipinski definition) is 3. The molecule has 1 aliphatic heterocycles. The summed E-state index contributed by atoms with van der Waals surface area (Å²) in [6.07, 6.45) is 6.89. The van der Waals surface area contributed by atoms with Crippen LogP contribution in [-0.2, 0) is 4.79 Å². The minimum absolute atomic E-state index is 0.00735. The molecule has 2 atom stereocenters. The van der Waals surface area contributed by atoms with Gasteiger partial charge in [0.15, 0.2) is 0 Å². The zero-order valence-electron chi connectivity index (χ0n) is 18.3. The van der Waals surface area contributed by atoms with Crippen molar-refractivity contribution in [2.75, 3.05) is 19.6 Å². The van der Waals surface area contributed by atoms with Gasteiger partial charge >= 0.3 is 0 Å². The van der Waals surface area contributed by atoms with E-state index < -0.39 is 0 Å². The van der Waals surface area contributed by atoms with Crippen LogP contribution in [0.2, 0.25) is 0 Å². The third-order valence-electron chi connectivity index (χ3n) is 6.75. The first-order valence-corrected chi connectivity index (χ1v) is 11.6. The molecule has 0 unspecified atom stereocenters. The molecule has 0 radical (unpaired) electrons. The fourth-order valence-corrected chi connectivity index (χ4v) is 5.18. The molecule has 31 heavy (non-hydrogen) atoms. The van der Waals surface area contributed by atoms with Crippen molar-refractivity contribution in [1.29, 1.82) is 0 Å². The summed E-state index contributed by atoms with van der Waals surface area (Å²) >= 11 is 0. The number of phenols is 1. The predicted octanol–water partition coefficient (Wildman–Crippen LogP) is 3.43. The summed E-state index contributed by atoms with van der Waals surface area (Å²) in [7, 11) is 0. The molecule has 2 amide bonds. The van der Waals surface area contributed by atoms with Crippen molar-refractivity contribution < 1.29 is 14.7 Å². The van der Waals surface area contributed by atoms with Crippen LogP contribution in [0.15, 0.2) is 36.4 Å². The van der Waals surface area contributed by atoms with Gasteiger partial charge in [0.05, 0.1) is 11.6 Å². The Morgan fingerprint density at radius 3 is 2.65 bits per heavy atom. The second kappa shape index (κ2) is 9.69. The number of carbonyl (C=O) groups is 2. The van der Waals surface area contributed by atoms with Gasteiger partial charge in [-0.2, -0.15) is 0 Å². The van der Waals surface area contributed by atoms with Crippen LogP contribution in [0.4, 0.5) is 0 Å². The SMILES string of the molecule is CCNC(=O)[C@@H]1C[C@H](NC(=O)c2ccc3ccccc3c2O)CN1CC1CCCCC1. The van der Waals surface area contributed by atoms with Gasteiger partial charge in [0.1, 0.15) is 5.75 Å². The predicted molar refractivity (Wildman–Crippen MR) is 122 cm³/mol. The van der Waals surface area contributed by atoms with Crippen LogP contribution in [0.5, 0.6) is 5.75 Å². The highest BCUT2D eigenvalue weighted by Crippen LogP contribution is 2.30. The molecule has 2 fully saturated rings. The first-order chi connectivity index (χ1) is 15.1. The number of likely N-dealkylation sites (tertiary alicyclic amines) is 1. The van der Waals surface area contributed by atoms with Gasteiger partial charge in [-0.15, -0.1) is 0 Å². The molecule has 1 saturated carbocycles. The Labute approximate surface area is 184 Å². The number of likely N-dealkylation sites (N-methyl/N-ethyl adjacent to an activating group) is 1. The fraction of sp³-hybridized carbons (Fsp3) is 0.520. The topological polar surface area (TPSA) is 81.7 Å². The van der Waals surface area contributed by atoms with E-state index in [-0.39, 0.29) is 35.2 Å². The number of nitrogens with one attached hydrogen (secondary N) is 2. The van der Waals surface area contributed by atoms with E-state index in [2.05, 4.69) is 15.5 Å². The molecule has 2 aromatic rings. The van der Waals surface area contributed by atoms with Crippen LogP contribution in [0.3, 0.4) is 0 Å². The Morgan fingerprint density at radius 2 is 1.87 bits per heavy atom. The van der Waals surface area contributed by atoms with E-state index in [9.17, 15) is 14.7 Å². The van der Waals surface area contributed by atoms with Gasteiger partial charge in [-0.25, -0.2) is 0 Å². The number of amides is 2. The summed E-state index contributed by atoms with van der Waals surface area (Å²) in [6.45, 7) is 4.11. The summed E-state index contributed by atoms with van der Waals surface area (Å²) in [6, 6.07) is 10.7. The third-order valence-corrected chi connectivity index (χ3v) is 6.75. The van der Waals surface area contributed by atoms with E-state index in [4.69, 9.17) is 0 Å². The van der Waals surface area contributed by atoms with E-state index in [1.807, 2.05) is 37.3 Å². The van der Waals surface area contributed by atoms with Crippen molar-refractivity contribution in [1.82, 2.24) is 15.5 Å². The molecular weight excluding hydrogens is 390 g/mol. The molecule has 2 aromatic carbocycles. The molecule has 1 saturated heterocycles. The molecule has 4 rings (SSSR count). The second-order valence-electron chi connectivity index (χ2n) is 8.96. The van der Waals surface area contributed by atoms with Gasteiger partial charge in [0.25, 0.3) is 5.91 Å². The molecule has 0 bridgehead atoms. The number of aromatic hydroxyl groups is 1. The maximum Gasteiger partial charge on any atom is 0.255 e. The lowest BCUT2D eigenvalue weighted by molar-refractivity contribution is -0.125. The third kappa shape index (κ3) is 4.85. The molecular formula is C25H33N3O3. The lowest BCUT2D eigenvalue weighted by Crippen LogP contribution is -2.45. The first-order valence-electron chi connectivity index (χ1n) is 11.6. The molecule has 6 heteroatoms. The number of carbonyl (C=O) groups excluding carboxylic acids is 2. The van der Waals surface area contributed by atoms with E-state index in [0.717, 1.165) is 11.9 Å². The molecule has 2 aliphatic rings. The fourth-order valence-electron chi connectivity index (χ4n) is 5.18. The highest BCUT2D eigenvalue weighted by molar-refractivity contribution is 6.03. The van der Waals surface area contributed by atoms with Crippen molar-refractivity contribution >= 4 is 22.6 Å². The van der Waals surface area contributed by atoms with Crippen molar-refractivity contribution in [3.63, 3.8) is 0 Å². The first kappa shape index (κ1) is 21.6. The average Bonchev–Trinajstić information content (AvgIpc) is 3.17. The minimum atomic E-state index is -0.289. The zero-order valence-corrected chi connectivity index (χ0v) is 18.3. The Balaban J connectivity index is 1.46. The maximum atomic E-state index is 13.0. The lowest BCUT2D eigenvalue weighted by atomic mass is 9.89. The van der Waals surface area contributed by atoms with Gasteiger partial charge in [0.2, 0.25) is 5.91 Å². The highest BCUT2D eigenvalue weighted by atomic mass is 16.3. The number of nitrogens with zero attached hydrogens (tertiary/aromatic N) is 1. The van der Waals surface area contributed by atoms with Crippen molar-refractivity contribution in [3.05, 3.63) is 42.0 Å². The zero-order chi connectivity index (χ0) is 21.8. The lowest BCUT2D eigenvalue weighted by Gasteiger charge is -2.30. The molecule has 3 N–H and O–H groups in total. The van der Waals surface area contributed by atoms with E-state index in [1.165, 1.54) is 32.1 Å². The average molecular weight is 424 g/mol. The molecule has 6 nitrogen and oxygen atoms in total. The minimum Gasteiger partial charge on any atom is -0.506 e. The molecule has 1 aliphatic carbocycles. The standard InChI is InChI=1S/C25H33N3O3/c1-2-26-25(31)22-14-19(16-28(22)15-17-8-4-3-5-9-17)27-24(30)21-13-12-18-10-6-7-11-20(18)23(21)29/h6-7,10-13,17,19,22,29H,2-5,8-9,14-16H2,1H3,(H,26,31)(H,27,30)/t19-,22-/m0/s1. The summed E-state index contributed by atoms with van der Waals surface area (Å²) in [5.41, 5.74) is 0.277. The second-order valence-corrected chi connectivity index (χ2v) is 8.96. The highest BCUT2D eigenvalue weighted by Gasteiger charge is 2.38. The number of fused-ring (bicyclic) bond motifs is 1. The van der Waals surface area contributed by atoms with Gasteiger partial charge in [-0.3, -0.25) is 14.5 Å². The van der Waals surface area contributed by atoms with Crippen LogP contribution in [0, 0.1) is 5.92 Å². The van der Waals surface area contributed by atoms with Crippen molar-refractivity contribution in [2.45, 2.75) is 57.5 Å². The summed E-state index contributed by atoms with van der Waals surface area (Å²) < 4.78 is 0. The molecule has 166 valence electrons. The van der Waals surface area contributed by atoms with Gasteiger partial charge in [-0.1, -0.05) is 49.6 Å². The number of benzene rings is 2. The van der Waals surface area contributed by atoms with Gasteiger partial charge < -0.3 is 15.7 Å². The number of hydrogen-bond acceptors (Lipinski definition) is 4. The van der Waals surface area contributed by atoms with Gasteiger partial charge in [0, 0.05) is 31.1 Å². The number of phenolic OH excluding ortho intramolecular Hbond substituents is 1. The van der Waals surface area contributed by atoms with Gasteiger partial charge in [-0.05, 0) is 43.6 Å². The quantitative estimate of drug-likeness (QED) is 0.665. The molecule has 0 spiro atoms. The summed E-state index contributed by atoms with van der Waals surface area (Å²) in [5, 5.41) is 18.2. The van der Waals surface area contributed by atoms with Crippen molar-refractivity contribution in [2.24, 2.45) is 5.92 Å². The summed E-state index contributed by atoms with van der Waals surface area (Å²) in [4.78, 5) is 27.9. The Bertz CT molecular complexity index is 939. The van der Waals surface area contributed by atoms with E-state index >= 15 is 0 Å². The van der Waals surface area contributed by atoms with Crippen molar-refractivity contribution in [3.8, 4) is 5.75 Å². The van der Waals surface area contributed by atoms with Crippen LogP contribution < -0.4 is 10.6 Å². The van der Waals surface area contributed by atoms with Crippen LogP contribution in [0.25, 0.3) is 10.8 Å². The monoisotopic (exact) mass is 423 g/mol. The normalized spacial score (nSPS) is 22.5. The summed E-state index contributed by atoms with van der Waals surface area (Å²) in [5.74, 6) is 0.392. The van der Waals surface area contributed by atoms with E-state index in [1.54, 1.807) is 6.07 Å². The van der Waals surface area contributed by atoms with Crippen LogP contribution in [0.1, 0.15) is 55.8 Å². The largest absolute Gasteiger partial charge is 0.506 e. The Kier molecular flexibility index (Phi) is 6.76. The number of rotatable bonds is 6. The van der Waals surface area contributed by atoms with E-state index in [0.29, 0.717) is 30.8 Å². The molecule has 1 heterocycles. The molecule has 0 aromatic heterocycles. The van der Waals surface area contributed by atoms with Crippen LogP contribution >= 0.6 is 0 Å². The Hall–Kier alpha value is -2.60. The van der Waals surface area contributed by atoms with Crippen LogP contribution in [-0.4, -0.2) is 53.5 Å². The maximum absolute atomic E-state index is 13.0.